The molecule has 2 N–H and O–H groups in total. The zero-order chi connectivity index (χ0) is 25.5. The number of ether oxygens (including phenoxy) is 1. The van der Waals surface area contributed by atoms with Crippen molar-refractivity contribution in [3.05, 3.63) is 107 Å². The van der Waals surface area contributed by atoms with Crippen LogP contribution in [0.5, 0.6) is 11.5 Å². The summed E-state index contributed by atoms with van der Waals surface area (Å²) in [6.45, 7) is 1.95. The topological polar surface area (TPSA) is 99.4 Å². The molecular weight excluding hydrogens is 452 g/mol. The lowest BCUT2D eigenvalue weighted by molar-refractivity contribution is -0.137. The van der Waals surface area contributed by atoms with Crippen LogP contribution in [0.3, 0.4) is 0 Å². The number of amides is 1. The normalized spacial score (nSPS) is 11.4. The van der Waals surface area contributed by atoms with Gasteiger partial charge in [-0.2, -0.15) is 5.26 Å². The van der Waals surface area contributed by atoms with Crippen LogP contribution in [0.15, 0.2) is 84.9 Å². The van der Waals surface area contributed by atoms with Gasteiger partial charge in [0.25, 0.3) is 5.91 Å². The Morgan fingerprint density at radius 2 is 1.69 bits per heavy atom. The summed E-state index contributed by atoms with van der Waals surface area (Å²) >= 11 is 0. The van der Waals surface area contributed by atoms with Crippen molar-refractivity contribution in [2.24, 2.45) is 0 Å². The molecule has 6 heteroatoms. The molecule has 1 atom stereocenters. The van der Waals surface area contributed by atoms with Gasteiger partial charge in [0.05, 0.1) is 17.7 Å². The summed E-state index contributed by atoms with van der Waals surface area (Å²) in [6.07, 6.45) is 0.899. The first-order valence-electron chi connectivity index (χ1n) is 11.8. The second-order valence-electron chi connectivity index (χ2n) is 8.57. The first-order chi connectivity index (χ1) is 17.4. The predicted octanol–water partition coefficient (Wildman–Crippen LogP) is 6.40. The van der Waals surface area contributed by atoms with E-state index in [0.29, 0.717) is 35.5 Å². The lowest BCUT2D eigenvalue weighted by atomic mass is 9.98. The maximum Gasteiger partial charge on any atom is 0.303 e. The Balaban J connectivity index is 1.60. The maximum absolute atomic E-state index is 13.5. The zero-order valence-corrected chi connectivity index (χ0v) is 19.9. The molecule has 1 amide bonds. The molecule has 6 nitrogen and oxygen atoms in total. The van der Waals surface area contributed by atoms with Crippen molar-refractivity contribution < 1.29 is 19.4 Å². The quantitative estimate of drug-likeness (QED) is 0.290. The molecule has 0 heterocycles. The van der Waals surface area contributed by atoms with E-state index in [1.165, 1.54) is 0 Å². The van der Waals surface area contributed by atoms with E-state index < -0.39 is 5.97 Å². The first kappa shape index (κ1) is 24.5. The van der Waals surface area contributed by atoms with Gasteiger partial charge in [-0.3, -0.25) is 9.59 Å². The van der Waals surface area contributed by atoms with Crippen LogP contribution in [-0.4, -0.2) is 17.0 Å². The first-order valence-corrected chi connectivity index (χ1v) is 11.8. The molecule has 0 aliphatic heterocycles. The van der Waals surface area contributed by atoms with Crippen LogP contribution >= 0.6 is 0 Å². The van der Waals surface area contributed by atoms with Gasteiger partial charge < -0.3 is 15.2 Å². The Labute approximate surface area is 209 Å². The Bertz CT molecular complexity index is 1430. The van der Waals surface area contributed by atoms with Crippen molar-refractivity contribution in [1.29, 1.82) is 5.26 Å². The Kier molecular flexibility index (Phi) is 7.62. The lowest BCUT2D eigenvalue weighted by Crippen LogP contribution is -2.27. The number of hydrogen-bond donors (Lipinski definition) is 2. The number of aliphatic carboxylic acids is 1. The van der Waals surface area contributed by atoms with Crippen LogP contribution in [0.2, 0.25) is 0 Å². The number of benzene rings is 4. The minimum atomic E-state index is -0.869. The molecule has 0 fully saturated rings. The number of carboxylic acids is 1. The van der Waals surface area contributed by atoms with Crippen LogP contribution in [0.25, 0.3) is 10.8 Å². The minimum Gasteiger partial charge on any atom is -0.481 e. The smallest absolute Gasteiger partial charge is 0.303 e. The van der Waals surface area contributed by atoms with E-state index in [0.717, 1.165) is 21.9 Å². The summed E-state index contributed by atoms with van der Waals surface area (Å²) in [6, 6.07) is 27.8. The number of aryl methyl sites for hydroxylation is 1. The lowest BCUT2D eigenvalue weighted by Gasteiger charge is -2.19. The SMILES string of the molecule is CC(NC(=O)c1cc(Oc2ccc(C#N)cc2)ccc1CCCC(=O)O)c1cccc2ccccc12. The van der Waals surface area contributed by atoms with Crippen molar-refractivity contribution in [2.75, 3.05) is 0 Å². The Morgan fingerprint density at radius 3 is 2.44 bits per heavy atom. The van der Waals surface area contributed by atoms with Gasteiger partial charge in [0.2, 0.25) is 0 Å². The molecule has 0 saturated heterocycles. The molecule has 0 bridgehead atoms. The van der Waals surface area contributed by atoms with E-state index in [4.69, 9.17) is 15.1 Å². The molecule has 0 aliphatic carbocycles. The number of nitrogens with zero attached hydrogens (tertiary/aromatic N) is 1. The summed E-state index contributed by atoms with van der Waals surface area (Å²) < 4.78 is 5.93. The third kappa shape index (κ3) is 5.89. The number of rotatable bonds is 9. The summed E-state index contributed by atoms with van der Waals surface area (Å²) in [7, 11) is 0. The highest BCUT2D eigenvalue weighted by molar-refractivity contribution is 5.97. The summed E-state index contributed by atoms with van der Waals surface area (Å²) in [5.74, 6) is -0.106. The molecule has 0 radical (unpaired) electrons. The molecule has 180 valence electrons. The average molecular weight is 479 g/mol. The van der Waals surface area contributed by atoms with Gasteiger partial charge in [-0.1, -0.05) is 48.5 Å². The largest absolute Gasteiger partial charge is 0.481 e. The fourth-order valence-corrected chi connectivity index (χ4v) is 4.19. The minimum absolute atomic E-state index is 0.0248. The van der Waals surface area contributed by atoms with Crippen molar-refractivity contribution >= 4 is 22.6 Å². The highest BCUT2D eigenvalue weighted by Gasteiger charge is 2.18. The van der Waals surface area contributed by atoms with E-state index in [1.807, 2.05) is 49.4 Å². The van der Waals surface area contributed by atoms with Gasteiger partial charge in [-0.05, 0) is 78.1 Å². The van der Waals surface area contributed by atoms with Crippen LogP contribution in [-0.2, 0) is 11.2 Å². The number of carbonyl (C=O) groups is 2. The van der Waals surface area contributed by atoms with Crippen LogP contribution in [0, 0.1) is 11.3 Å². The van der Waals surface area contributed by atoms with Crippen molar-refractivity contribution in [3.8, 4) is 17.6 Å². The predicted molar refractivity (Wildman–Crippen MR) is 138 cm³/mol. The van der Waals surface area contributed by atoms with E-state index in [1.54, 1.807) is 42.5 Å². The number of hydrogen-bond acceptors (Lipinski definition) is 4. The zero-order valence-electron chi connectivity index (χ0n) is 19.9. The summed E-state index contributed by atoms with van der Waals surface area (Å²) in [5.41, 5.74) is 2.74. The number of nitrogens with one attached hydrogen (secondary N) is 1. The Morgan fingerprint density at radius 1 is 0.972 bits per heavy atom. The second kappa shape index (κ2) is 11.2. The monoisotopic (exact) mass is 478 g/mol. The van der Waals surface area contributed by atoms with Gasteiger partial charge in [0, 0.05) is 12.0 Å². The summed E-state index contributed by atoms with van der Waals surface area (Å²) in [4.78, 5) is 24.5. The molecule has 4 rings (SSSR count). The van der Waals surface area contributed by atoms with Gasteiger partial charge in [0.1, 0.15) is 11.5 Å². The highest BCUT2D eigenvalue weighted by atomic mass is 16.5. The van der Waals surface area contributed by atoms with Gasteiger partial charge in [0.15, 0.2) is 0 Å². The fraction of sp³-hybridized carbons (Fsp3) is 0.167. The molecule has 0 spiro atoms. The molecule has 1 unspecified atom stereocenters. The summed E-state index contributed by atoms with van der Waals surface area (Å²) in [5, 5.41) is 23.3. The molecule has 4 aromatic rings. The van der Waals surface area contributed by atoms with Crippen molar-refractivity contribution in [3.63, 3.8) is 0 Å². The highest BCUT2D eigenvalue weighted by Crippen LogP contribution is 2.28. The average Bonchev–Trinajstić information content (AvgIpc) is 2.89. The van der Waals surface area contributed by atoms with E-state index >= 15 is 0 Å². The third-order valence-corrected chi connectivity index (χ3v) is 6.02. The van der Waals surface area contributed by atoms with E-state index in [2.05, 4.69) is 11.4 Å². The molecule has 0 saturated carbocycles. The standard InChI is InChI=1S/C30H26N2O4/c1-20(26-10-4-7-22-6-2-3-9-27(22)26)32-30(35)28-18-25(17-14-23(28)8-5-11-29(33)34)36-24-15-12-21(19-31)13-16-24/h2-4,6-7,9-10,12-18,20H,5,8,11H2,1H3,(H,32,35)(H,33,34). The molecular formula is C30H26N2O4. The molecule has 36 heavy (non-hydrogen) atoms. The van der Waals surface area contributed by atoms with Gasteiger partial charge >= 0.3 is 5.97 Å². The van der Waals surface area contributed by atoms with E-state index in [9.17, 15) is 9.59 Å². The second-order valence-corrected chi connectivity index (χ2v) is 8.57. The van der Waals surface area contributed by atoms with Crippen molar-refractivity contribution in [1.82, 2.24) is 5.32 Å². The van der Waals surface area contributed by atoms with Crippen molar-refractivity contribution in [2.45, 2.75) is 32.2 Å². The van der Waals surface area contributed by atoms with Crippen LogP contribution in [0.4, 0.5) is 0 Å². The number of fused-ring (bicyclic) bond motifs is 1. The van der Waals surface area contributed by atoms with Crippen LogP contribution < -0.4 is 10.1 Å². The maximum atomic E-state index is 13.5. The molecule has 4 aromatic carbocycles. The number of carboxylic acid groups (broad SMARTS) is 1. The van der Waals surface area contributed by atoms with Gasteiger partial charge in [-0.25, -0.2) is 0 Å². The Hall–Kier alpha value is -4.63. The third-order valence-electron chi connectivity index (χ3n) is 6.02. The van der Waals surface area contributed by atoms with Gasteiger partial charge in [-0.15, -0.1) is 0 Å². The van der Waals surface area contributed by atoms with Crippen LogP contribution in [0.1, 0.15) is 52.9 Å². The molecule has 0 aliphatic rings. The number of carbonyl (C=O) groups excluding carboxylic acids is 1. The molecule has 0 aromatic heterocycles. The fourth-order valence-electron chi connectivity index (χ4n) is 4.19. The van der Waals surface area contributed by atoms with E-state index in [-0.39, 0.29) is 18.4 Å². The number of nitriles is 1.